The van der Waals surface area contributed by atoms with E-state index in [1.807, 2.05) is 11.3 Å². The van der Waals surface area contributed by atoms with Crippen molar-refractivity contribution in [2.75, 3.05) is 0 Å². The number of nitrogens with one attached hydrogen (secondary N) is 1. The molecule has 4 rings (SSSR count). The monoisotopic (exact) mass is 325 g/mol. The minimum absolute atomic E-state index is 0.101. The first kappa shape index (κ1) is 14.9. The summed E-state index contributed by atoms with van der Waals surface area (Å²) in [5.74, 6) is 0.221. The molecule has 1 aromatic heterocycles. The third-order valence-electron chi connectivity index (χ3n) is 5.69. The molecule has 0 saturated carbocycles. The topological polar surface area (TPSA) is 29.1 Å². The lowest BCUT2D eigenvalue weighted by atomic mass is 9.64. The van der Waals surface area contributed by atoms with Crippen LogP contribution in [0.25, 0.3) is 10.4 Å². The van der Waals surface area contributed by atoms with E-state index in [1.54, 1.807) is 0 Å². The molecule has 2 atom stereocenters. The predicted octanol–water partition coefficient (Wildman–Crippen LogP) is 4.46. The number of amides is 1. The lowest BCUT2D eigenvalue weighted by Crippen LogP contribution is -2.55. The fraction of sp³-hybridized carbons (Fsp3) is 0.450. The minimum atomic E-state index is 0.101. The number of thiophene rings is 1. The molecular formula is C20H23NOS. The fourth-order valence-corrected chi connectivity index (χ4v) is 5.16. The summed E-state index contributed by atoms with van der Waals surface area (Å²) in [4.78, 5) is 14.5. The van der Waals surface area contributed by atoms with Gasteiger partial charge in [0, 0.05) is 27.6 Å². The van der Waals surface area contributed by atoms with Crippen LogP contribution in [0.5, 0.6) is 0 Å². The highest BCUT2D eigenvalue weighted by atomic mass is 32.1. The molecule has 1 amide bonds. The van der Waals surface area contributed by atoms with Crippen LogP contribution < -0.4 is 5.32 Å². The van der Waals surface area contributed by atoms with Crippen LogP contribution in [-0.2, 0) is 23.1 Å². The molecule has 1 fully saturated rings. The Hall–Kier alpha value is -1.61. The van der Waals surface area contributed by atoms with Crippen LogP contribution >= 0.6 is 11.3 Å². The van der Waals surface area contributed by atoms with E-state index in [0.29, 0.717) is 12.5 Å². The molecule has 120 valence electrons. The second-order valence-electron chi connectivity index (χ2n) is 7.07. The summed E-state index contributed by atoms with van der Waals surface area (Å²) in [5.41, 5.74) is 4.37. The zero-order valence-electron chi connectivity index (χ0n) is 13.8. The molecule has 2 aliphatic rings. The van der Waals surface area contributed by atoms with E-state index in [4.69, 9.17) is 0 Å². The molecule has 1 N–H and O–H groups in total. The average molecular weight is 325 g/mol. The quantitative estimate of drug-likeness (QED) is 0.868. The number of rotatable bonds is 2. The normalized spacial score (nSPS) is 26.3. The maximum Gasteiger partial charge on any atom is 0.220 e. The molecule has 0 bridgehead atoms. The van der Waals surface area contributed by atoms with Gasteiger partial charge in [-0.3, -0.25) is 4.79 Å². The zero-order valence-corrected chi connectivity index (χ0v) is 14.6. The van der Waals surface area contributed by atoms with Crippen LogP contribution in [0.2, 0.25) is 0 Å². The number of fused-ring (bicyclic) bond motifs is 3. The third-order valence-corrected chi connectivity index (χ3v) is 6.97. The fourth-order valence-electron chi connectivity index (χ4n) is 4.22. The Labute approximate surface area is 141 Å². The summed E-state index contributed by atoms with van der Waals surface area (Å²) < 4.78 is 0. The smallest absolute Gasteiger partial charge is 0.220 e. The zero-order chi connectivity index (χ0) is 16.0. The summed E-state index contributed by atoms with van der Waals surface area (Å²) in [5, 5.41) is 3.22. The van der Waals surface area contributed by atoms with Gasteiger partial charge in [-0.2, -0.15) is 0 Å². The number of carbonyl (C=O) groups is 1. The molecule has 1 saturated heterocycles. The molecule has 1 aliphatic heterocycles. The summed E-state index contributed by atoms with van der Waals surface area (Å²) >= 11 is 1.90. The standard InChI is InChI=1S/C20H23NOS/c1-3-15-6-8-17(23-15)14-4-7-16-13(12-14)5-9-18-20(16,2)11-10-19(22)21-18/h4,6-8,12,18H,3,5,9-11H2,1-2H3,(H,21,22)/t18?,20-/m1/s1. The van der Waals surface area contributed by atoms with Crippen molar-refractivity contribution in [3.63, 3.8) is 0 Å². The van der Waals surface area contributed by atoms with Crippen molar-refractivity contribution in [1.29, 1.82) is 0 Å². The van der Waals surface area contributed by atoms with Gasteiger partial charge in [-0.15, -0.1) is 11.3 Å². The first-order chi connectivity index (χ1) is 11.1. The van der Waals surface area contributed by atoms with Crippen molar-refractivity contribution in [3.05, 3.63) is 46.3 Å². The lowest BCUT2D eigenvalue weighted by molar-refractivity contribution is -0.125. The van der Waals surface area contributed by atoms with Gasteiger partial charge in [0.2, 0.25) is 5.91 Å². The molecule has 0 radical (unpaired) electrons. The maximum atomic E-state index is 11.7. The van der Waals surface area contributed by atoms with Gasteiger partial charge in [-0.05, 0) is 54.5 Å². The van der Waals surface area contributed by atoms with E-state index in [9.17, 15) is 4.79 Å². The van der Waals surface area contributed by atoms with E-state index in [0.717, 1.165) is 25.7 Å². The molecule has 1 unspecified atom stereocenters. The highest BCUT2D eigenvalue weighted by Crippen LogP contribution is 2.44. The van der Waals surface area contributed by atoms with Gasteiger partial charge >= 0.3 is 0 Å². The predicted molar refractivity (Wildman–Crippen MR) is 96.0 cm³/mol. The van der Waals surface area contributed by atoms with Gasteiger partial charge in [0.1, 0.15) is 0 Å². The van der Waals surface area contributed by atoms with Gasteiger partial charge in [0.05, 0.1) is 0 Å². The number of piperidine rings is 1. The molecule has 2 aromatic rings. The molecule has 23 heavy (non-hydrogen) atoms. The minimum Gasteiger partial charge on any atom is -0.352 e. The molecule has 0 spiro atoms. The van der Waals surface area contributed by atoms with Crippen LogP contribution in [0.1, 0.15) is 49.1 Å². The van der Waals surface area contributed by atoms with E-state index in [-0.39, 0.29) is 11.3 Å². The first-order valence-electron chi connectivity index (χ1n) is 8.62. The summed E-state index contributed by atoms with van der Waals surface area (Å²) in [6.07, 6.45) is 4.85. The van der Waals surface area contributed by atoms with Gasteiger partial charge in [0.25, 0.3) is 0 Å². The third kappa shape index (κ3) is 2.42. The van der Waals surface area contributed by atoms with E-state index >= 15 is 0 Å². The number of benzene rings is 1. The Morgan fingerprint density at radius 2 is 2.13 bits per heavy atom. The largest absolute Gasteiger partial charge is 0.352 e. The van der Waals surface area contributed by atoms with Crippen LogP contribution in [0.15, 0.2) is 30.3 Å². The van der Waals surface area contributed by atoms with Gasteiger partial charge in [0.15, 0.2) is 0 Å². The first-order valence-corrected chi connectivity index (χ1v) is 9.43. The Kier molecular flexibility index (Phi) is 3.56. The van der Waals surface area contributed by atoms with Crippen molar-refractivity contribution in [1.82, 2.24) is 5.32 Å². The second kappa shape index (κ2) is 5.48. The highest BCUT2D eigenvalue weighted by Gasteiger charge is 2.43. The number of carbonyl (C=O) groups excluding carboxylic acids is 1. The van der Waals surface area contributed by atoms with Crippen LogP contribution in [0.3, 0.4) is 0 Å². The van der Waals surface area contributed by atoms with E-state index in [1.165, 1.54) is 26.4 Å². The van der Waals surface area contributed by atoms with E-state index < -0.39 is 0 Å². The molecule has 2 nitrogen and oxygen atoms in total. The Bertz CT molecular complexity index is 763. The van der Waals surface area contributed by atoms with Crippen LogP contribution in [0, 0.1) is 0 Å². The number of hydrogen-bond acceptors (Lipinski definition) is 2. The molecule has 3 heteroatoms. The SMILES string of the molecule is CCc1ccc(-c2ccc3c(c2)CCC2NC(=O)CC[C@]32C)s1. The van der Waals surface area contributed by atoms with Crippen molar-refractivity contribution < 1.29 is 4.79 Å². The van der Waals surface area contributed by atoms with Gasteiger partial charge in [-0.1, -0.05) is 32.0 Å². The highest BCUT2D eigenvalue weighted by molar-refractivity contribution is 7.15. The average Bonchev–Trinajstić information content (AvgIpc) is 3.04. The molecule has 1 aromatic carbocycles. The second-order valence-corrected chi connectivity index (χ2v) is 8.24. The lowest BCUT2D eigenvalue weighted by Gasteiger charge is -2.46. The Balaban J connectivity index is 1.72. The molecule has 1 aliphatic carbocycles. The van der Waals surface area contributed by atoms with Crippen LogP contribution in [-0.4, -0.2) is 11.9 Å². The number of aryl methyl sites for hydroxylation is 2. The number of hydrogen-bond donors (Lipinski definition) is 1. The Morgan fingerprint density at radius 3 is 2.91 bits per heavy atom. The molecular weight excluding hydrogens is 302 g/mol. The maximum absolute atomic E-state index is 11.7. The van der Waals surface area contributed by atoms with Crippen molar-refractivity contribution in [2.24, 2.45) is 0 Å². The van der Waals surface area contributed by atoms with Crippen molar-refractivity contribution >= 4 is 17.2 Å². The Morgan fingerprint density at radius 1 is 1.26 bits per heavy atom. The van der Waals surface area contributed by atoms with Gasteiger partial charge < -0.3 is 5.32 Å². The summed E-state index contributed by atoms with van der Waals surface area (Å²) in [6, 6.07) is 11.8. The van der Waals surface area contributed by atoms with E-state index in [2.05, 4.69) is 49.5 Å². The van der Waals surface area contributed by atoms with Crippen molar-refractivity contribution in [3.8, 4) is 10.4 Å². The molecule has 2 heterocycles. The summed E-state index contributed by atoms with van der Waals surface area (Å²) in [7, 11) is 0. The van der Waals surface area contributed by atoms with Gasteiger partial charge in [-0.25, -0.2) is 0 Å². The summed E-state index contributed by atoms with van der Waals surface area (Å²) in [6.45, 7) is 4.54. The van der Waals surface area contributed by atoms with Crippen molar-refractivity contribution in [2.45, 2.75) is 57.4 Å². The van der Waals surface area contributed by atoms with Crippen LogP contribution in [0.4, 0.5) is 0 Å².